The molecule has 4 rings (SSSR count). The predicted molar refractivity (Wildman–Crippen MR) is 73.7 cm³/mol. The first-order chi connectivity index (χ1) is 9.09. The second kappa shape index (κ2) is 3.48. The summed E-state index contributed by atoms with van der Waals surface area (Å²) >= 11 is 0. The first kappa shape index (κ1) is 11.2. The molecule has 1 fully saturated rings. The number of aliphatic hydroxyl groups is 1. The van der Waals surface area contributed by atoms with Crippen molar-refractivity contribution in [1.29, 1.82) is 0 Å². The van der Waals surface area contributed by atoms with Crippen molar-refractivity contribution in [3.8, 4) is 11.3 Å². The normalized spacial score (nSPS) is 30.6. The minimum Gasteiger partial charge on any atom is -0.393 e. The summed E-state index contributed by atoms with van der Waals surface area (Å²) in [6, 6.07) is 8.73. The van der Waals surface area contributed by atoms with Crippen molar-refractivity contribution in [2.45, 2.75) is 32.4 Å². The van der Waals surface area contributed by atoms with Crippen LogP contribution in [0.5, 0.6) is 0 Å². The van der Waals surface area contributed by atoms with Gasteiger partial charge in [-0.15, -0.1) is 0 Å². The number of hydrogen-bond acceptors (Lipinski definition) is 2. The van der Waals surface area contributed by atoms with Crippen LogP contribution >= 0.6 is 0 Å². The first-order valence-corrected chi connectivity index (χ1v) is 6.89. The quantitative estimate of drug-likeness (QED) is 0.849. The minimum atomic E-state index is -0.207. The maximum absolute atomic E-state index is 10.3. The van der Waals surface area contributed by atoms with Gasteiger partial charge in [0, 0.05) is 11.5 Å². The molecule has 1 aromatic heterocycles. The molecule has 3 atom stereocenters. The molecular formula is C16H18N2O. The van der Waals surface area contributed by atoms with Crippen LogP contribution in [0.25, 0.3) is 11.3 Å². The molecule has 0 amide bonds. The van der Waals surface area contributed by atoms with E-state index in [0.717, 1.165) is 6.42 Å². The Morgan fingerprint density at radius 1 is 1.32 bits per heavy atom. The molecule has 0 unspecified atom stereocenters. The van der Waals surface area contributed by atoms with Gasteiger partial charge in [-0.1, -0.05) is 38.1 Å². The van der Waals surface area contributed by atoms with E-state index in [0.29, 0.717) is 0 Å². The first-order valence-electron chi connectivity index (χ1n) is 6.89. The molecule has 2 aromatic rings. The standard InChI is InChI=1S/C16H18N2O/c1-16(2)7-13(19)14(16)15-11-6-4-3-5-10(11)12-8-17-9-18(12)15/h3-6,8-9,13-15,19H,7H2,1-2H3/t13-,14-,15-/m1/s1. The molecule has 19 heavy (non-hydrogen) atoms. The zero-order valence-corrected chi connectivity index (χ0v) is 11.2. The molecule has 3 nitrogen and oxygen atoms in total. The third-order valence-electron chi connectivity index (χ3n) is 4.91. The van der Waals surface area contributed by atoms with Gasteiger partial charge in [0.15, 0.2) is 0 Å². The molecule has 0 radical (unpaired) electrons. The Kier molecular flexibility index (Phi) is 2.06. The van der Waals surface area contributed by atoms with Crippen LogP contribution in [0.2, 0.25) is 0 Å². The molecule has 0 bridgehead atoms. The lowest BCUT2D eigenvalue weighted by Gasteiger charge is -2.52. The second-order valence-corrected chi connectivity index (χ2v) is 6.50. The molecule has 2 heterocycles. The monoisotopic (exact) mass is 254 g/mol. The molecule has 1 aliphatic heterocycles. The van der Waals surface area contributed by atoms with Gasteiger partial charge in [0.05, 0.1) is 30.4 Å². The largest absolute Gasteiger partial charge is 0.393 e. The van der Waals surface area contributed by atoms with E-state index in [1.807, 2.05) is 12.5 Å². The molecule has 1 aliphatic carbocycles. The van der Waals surface area contributed by atoms with Crippen molar-refractivity contribution < 1.29 is 5.11 Å². The molecule has 3 heteroatoms. The lowest BCUT2D eigenvalue weighted by molar-refractivity contribution is -0.103. The Balaban J connectivity index is 1.90. The van der Waals surface area contributed by atoms with Crippen LogP contribution in [0.4, 0.5) is 0 Å². The number of imidazole rings is 1. The Morgan fingerprint density at radius 3 is 2.84 bits per heavy atom. The van der Waals surface area contributed by atoms with Crippen molar-refractivity contribution in [2.75, 3.05) is 0 Å². The molecule has 1 N–H and O–H groups in total. The summed E-state index contributed by atoms with van der Waals surface area (Å²) in [5.74, 6) is 0.268. The van der Waals surface area contributed by atoms with Gasteiger partial charge in [-0.25, -0.2) is 4.98 Å². The Morgan fingerprint density at radius 2 is 2.11 bits per heavy atom. The van der Waals surface area contributed by atoms with Crippen LogP contribution in [-0.4, -0.2) is 20.8 Å². The molecule has 0 saturated heterocycles. The smallest absolute Gasteiger partial charge is 0.0956 e. The SMILES string of the molecule is CC1(C)C[C@@H](O)[C@@H]1[C@H]1c2ccccc2-c2cncn21. The highest BCUT2D eigenvalue weighted by Gasteiger charge is 2.53. The maximum Gasteiger partial charge on any atom is 0.0956 e. The van der Waals surface area contributed by atoms with Crippen LogP contribution in [0.15, 0.2) is 36.8 Å². The van der Waals surface area contributed by atoms with Gasteiger partial charge in [0.2, 0.25) is 0 Å². The molecule has 2 aliphatic rings. The molecule has 1 saturated carbocycles. The lowest BCUT2D eigenvalue weighted by atomic mass is 9.57. The number of aromatic nitrogens is 2. The maximum atomic E-state index is 10.3. The number of aliphatic hydroxyl groups excluding tert-OH is 1. The van der Waals surface area contributed by atoms with Crippen molar-refractivity contribution >= 4 is 0 Å². The molecular weight excluding hydrogens is 236 g/mol. The van der Waals surface area contributed by atoms with E-state index in [2.05, 4.69) is 47.7 Å². The topological polar surface area (TPSA) is 38.1 Å². The van der Waals surface area contributed by atoms with Crippen LogP contribution in [0.3, 0.4) is 0 Å². The summed E-state index contributed by atoms with van der Waals surface area (Å²) in [4.78, 5) is 4.29. The number of nitrogens with zero attached hydrogens (tertiary/aromatic N) is 2. The molecule has 0 spiro atoms. The fraction of sp³-hybridized carbons (Fsp3) is 0.438. The van der Waals surface area contributed by atoms with Gasteiger partial charge in [-0.3, -0.25) is 0 Å². The Bertz CT molecular complexity index is 644. The summed E-state index contributed by atoms with van der Waals surface area (Å²) in [5.41, 5.74) is 3.95. The van der Waals surface area contributed by atoms with E-state index in [1.54, 1.807) is 0 Å². The number of benzene rings is 1. The number of hydrogen-bond donors (Lipinski definition) is 1. The van der Waals surface area contributed by atoms with E-state index >= 15 is 0 Å². The number of fused-ring (bicyclic) bond motifs is 3. The highest BCUT2D eigenvalue weighted by molar-refractivity contribution is 5.69. The Labute approximate surface area is 112 Å². The van der Waals surface area contributed by atoms with Crippen LogP contribution in [-0.2, 0) is 0 Å². The van der Waals surface area contributed by atoms with Crippen molar-refractivity contribution in [3.63, 3.8) is 0 Å². The fourth-order valence-corrected chi connectivity index (χ4v) is 4.04. The van der Waals surface area contributed by atoms with Crippen molar-refractivity contribution in [2.24, 2.45) is 11.3 Å². The third-order valence-corrected chi connectivity index (χ3v) is 4.91. The van der Waals surface area contributed by atoms with Crippen LogP contribution in [0, 0.1) is 11.3 Å². The second-order valence-electron chi connectivity index (χ2n) is 6.50. The minimum absolute atomic E-state index is 0.184. The number of rotatable bonds is 1. The van der Waals surface area contributed by atoms with Crippen molar-refractivity contribution in [1.82, 2.24) is 9.55 Å². The van der Waals surface area contributed by atoms with E-state index in [4.69, 9.17) is 0 Å². The molecule has 98 valence electrons. The van der Waals surface area contributed by atoms with Crippen LogP contribution in [0.1, 0.15) is 31.9 Å². The summed E-state index contributed by atoms with van der Waals surface area (Å²) in [6.45, 7) is 4.50. The highest BCUT2D eigenvalue weighted by Crippen LogP contribution is 2.56. The molecule has 1 aromatic carbocycles. The average molecular weight is 254 g/mol. The summed E-state index contributed by atoms with van der Waals surface area (Å²) < 4.78 is 2.24. The van der Waals surface area contributed by atoms with Crippen molar-refractivity contribution in [3.05, 3.63) is 42.4 Å². The Hall–Kier alpha value is -1.61. The van der Waals surface area contributed by atoms with E-state index in [1.165, 1.54) is 16.8 Å². The van der Waals surface area contributed by atoms with Gasteiger partial charge >= 0.3 is 0 Å². The lowest BCUT2D eigenvalue weighted by Crippen LogP contribution is -2.51. The summed E-state index contributed by atoms with van der Waals surface area (Å²) in [6.07, 6.45) is 4.51. The van der Waals surface area contributed by atoms with Gasteiger partial charge in [-0.05, 0) is 17.4 Å². The zero-order valence-electron chi connectivity index (χ0n) is 11.2. The average Bonchev–Trinajstić information content (AvgIpc) is 2.92. The highest BCUT2D eigenvalue weighted by atomic mass is 16.3. The van der Waals surface area contributed by atoms with Gasteiger partial charge in [0.1, 0.15) is 0 Å². The summed E-state index contributed by atoms with van der Waals surface area (Å²) in [7, 11) is 0. The van der Waals surface area contributed by atoms with Crippen LogP contribution < -0.4 is 0 Å². The van der Waals surface area contributed by atoms with E-state index < -0.39 is 0 Å². The van der Waals surface area contributed by atoms with E-state index in [-0.39, 0.29) is 23.5 Å². The summed E-state index contributed by atoms with van der Waals surface area (Å²) in [5, 5.41) is 10.3. The third kappa shape index (κ3) is 1.34. The zero-order chi connectivity index (χ0) is 13.2. The van der Waals surface area contributed by atoms with Gasteiger partial charge in [0.25, 0.3) is 0 Å². The van der Waals surface area contributed by atoms with Gasteiger partial charge in [-0.2, -0.15) is 0 Å². The van der Waals surface area contributed by atoms with E-state index in [9.17, 15) is 5.11 Å². The van der Waals surface area contributed by atoms with Gasteiger partial charge < -0.3 is 9.67 Å². The predicted octanol–water partition coefficient (Wildman–Crippen LogP) is 2.86. The fourth-order valence-electron chi connectivity index (χ4n) is 4.04.